The average Bonchev–Trinajstić information content (AvgIpc) is 0.744. The fourth-order valence-electron chi connectivity index (χ4n) is 10.7. The van der Waals surface area contributed by atoms with E-state index < -0.39 is 57.6 Å². The first-order valence-corrected chi connectivity index (χ1v) is 31.6. The molecule has 0 radical (unpaired) electrons. The predicted molar refractivity (Wildman–Crippen MR) is 316 cm³/mol. The number of benzene rings is 9. The van der Waals surface area contributed by atoms with Crippen LogP contribution in [0.5, 0.6) is 0 Å². The molecule has 14 rings (SSSR count). The topological polar surface area (TPSA) is 106 Å². The van der Waals surface area contributed by atoms with E-state index >= 15 is 4.57 Å². The van der Waals surface area contributed by atoms with Crippen LogP contribution in [-0.4, -0.2) is 27.7 Å². The van der Waals surface area contributed by atoms with Gasteiger partial charge in [0.05, 0.1) is 25.6 Å². The highest BCUT2D eigenvalue weighted by Crippen LogP contribution is 2.59. The van der Waals surface area contributed by atoms with Crippen molar-refractivity contribution in [3.63, 3.8) is 0 Å². The second-order valence-corrected chi connectivity index (χ2v) is 29.0. The van der Waals surface area contributed by atoms with Crippen molar-refractivity contribution >= 4 is 87.8 Å². The minimum Gasteiger partial charge on any atom is -0.313 e. The van der Waals surface area contributed by atoms with E-state index in [9.17, 15) is 21.4 Å². The van der Waals surface area contributed by atoms with Crippen molar-refractivity contribution in [3.05, 3.63) is 286 Å². The molecule has 4 unspecified atom stereocenters. The van der Waals surface area contributed by atoms with Crippen LogP contribution in [0.4, 0.5) is 11.4 Å². The van der Waals surface area contributed by atoms with Gasteiger partial charge in [-0.15, -0.1) is 0 Å². The van der Waals surface area contributed by atoms with Gasteiger partial charge in [-0.05, 0) is 113 Å². The maximum absolute atomic E-state index is 15.3. The van der Waals surface area contributed by atoms with Crippen molar-refractivity contribution in [2.75, 3.05) is 4.90 Å². The molecule has 0 N–H and O–H groups in total. The molecule has 0 fully saturated rings. The van der Waals surface area contributed by atoms with Crippen molar-refractivity contribution in [2.24, 2.45) is 0 Å². The fourth-order valence-corrected chi connectivity index (χ4v) is 23.6. The van der Waals surface area contributed by atoms with Gasteiger partial charge in [-0.1, -0.05) is 192 Å². The second kappa shape index (κ2) is 19.3. The van der Waals surface area contributed by atoms with E-state index in [1.165, 1.54) is 12.1 Å². The van der Waals surface area contributed by atoms with Gasteiger partial charge in [0.25, 0.3) is 0 Å². The molecule has 3 heterocycles. The number of rotatable bonds is 3. The van der Waals surface area contributed by atoms with Gasteiger partial charge in [0.15, 0.2) is 24.1 Å². The maximum atomic E-state index is 15.3. The van der Waals surface area contributed by atoms with Crippen LogP contribution in [-0.2, 0) is 48.0 Å². The number of para-hydroxylation sites is 2. The third-order valence-electron chi connectivity index (χ3n) is 14.2. The predicted octanol–water partition coefficient (Wildman–Crippen LogP) is 13.1. The van der Waals surface area contributed by atoms with Gasteiger partial charge in [0.2, 0.25) is 9.84 Å². The SMILES string of the molecule is O=P1(c2ccccc2)c2ccccc2S(=O)(=O)c2ccc(Br)cc21.[2H]C1([2H])c2ccccc2Cc2ccccc21.[2H]C1([2H])c2ccccc2N(C2=CC3C(C=C2)S(=O)(=O)c2ccccc2P3(=O)c2ccccc2)c2ccccc21.[2H][2H].[2H][2H].[2H][2H].[2H][2H]. The lowest BCUT2D eigenvalue weighted by atomic mass is 9.86. The highest BCUT2D eigenvalue weighted by molar-refractivity contribution is 9.10. The molecule has 0 aromatic heterocycles. The normalized spacial score (nSPS) is 23.9. The van der Waals surface area contributed by atoms with Gasteiger partial charge in [0.1, 0.15) is 0 Å². The molecule has 0 saturated heterocycles. The Balaban J connectivity index is 0.000000174. The lowest BCUT2D eigenvalue weighted by molar-refractivity contribution is 0.567. The second-order valence-electron chi connectivity index (χ2n) is 18.6. The Morgan fingerprint density at radius 3 is 1.59 bits per heavy atom. The molecule has 0 amide bonds. The summed E-state index contributed by atoms with van der Waals surface area (Å²) in [5.41, 5.74) is 6.06. The molecule has 12 heteroatoms. The summed E-state index contributed by atoms with van der Waals surface area (Å²) in [7, 11) is -14.2. The monoisotopic (exact) mass is 1140 g/mol. The number of sulfone groups is 2. The molecule has 4 atom stereocenters. The molecule has 0 bridgehead atoms. The first kappa shape index (κ1) is 40.4. The third kappa shape index (κ3) is 8.30. The average molecular weight is 1140 g/mol. The van der Waals surface area contributed by atoms with Crippen molar-refractivity contribution in [3.8, 4) is 0 Å². The third-order valence-corrected chi connectivity index (χ3v) is 26.0. The van der Waals surface area contributed by atoms with E-state index in [4.69, 9.17) is 17.4 Å². The molecular weight excluding hydrogens is 1070 g/mol. The van der Waals surface area contributed by atoms with Gasteiger partial charge in [-0.25, -0.2) is 16.8 Å². The lowest BCUT2D eigenvalue weighted by Crippen LogP contribution is -2.46. The summed E-state index contributed by atoms with van der Waals surface area (Å²) in [5, 5.41) is 1.36. The lowest BCUT2D eigenvalue weighted by Gasteiger charge is -2.41. The van der Waals surface area contributed by atoms with Crippen LogP contribution in [0, 0.1) is 0 Å². The van der Waals surface area contributed by atoms with Gasteiger partial charge in [-0.3, -0.25) is 0 Å². The smallest absolute Gasteiger partial charge is 0.208 e. The summed E-state index contributed by atoms with van der Waals surface area (Å²) in [5.74, 6) is 0. The Bertz CT molecular complexity index is 4280. The molecular formula is C63H56BrNO6P2S2. The Labute approximate surface area is 464 Å². The quantitative estimate of drug-likeness (QED) is 0.162. The number of nitrogens with zero attached hydrogens (tertiary/aromatic N) is 1. The summed E-state index contributed by atoms with van der Waals surface area (Å²) in [6, 6.07) is 66.6. The summed E-state index contributed by atoms with van der Waals surface area (Å²) < 4.78 is 158. The van der Waals surface area contributed by atoms with Gasteiger partial charge in [-0.2, -0.15) is 0 Å². The number of allylic oxidation sites excluding steroid dienone is 2. The molecule has 75 heavy (non-hydrogen) atoms. The van der Waals surface area contributed by atoms with Gasteiger partial charge < -0.3 is 14.0 Å². The van der Waals surface area contributed by atoms with Crippen LogP contribution in [0.15, 0.2) is 268 Å². The Hall–Kier alpha value is -6.90. The first-order chi connectivity index (χ1) is 41.9. The highest BCUT2D eigenvalue weighted by atomic mass is 79.9. The van der Waals surface area contributed by atoms with Crippen LogP contribution >= 0.6 is 30.2 Å². The van der Waals surface area contributed by atoms with Crippen molar-refractivity contribution < 1.29 is 43.3 Å². The molecule has 378 valence electrons. The van der Waals surface area contributed by atoms with E-state index in [0.717, 1.165) is 28.7 Å². The Kier molecular flexibility index (Phi) is 10.4. The summed E-state index contributed by atoms with van der Waals surface area (Å²) in [6.45, 7) is 0. The fraction of sp³-hybridized carbons (Fsp3) is 0.0794. The van der Waals surface area contributed by atoms with Crippen LogP contribution in [0.3, 0.4) is 0 Å². The standard InChI is InChI=1S/C31H24NO3PS.C18H12BrO3PS.C14H12.4H2/c33-36(25-12-2-1-3-13-25)28-16-8-9-17-30(28)37(34,35)31-19-18-24(21-29(31)36)32-26-14-6-4-10-22(26)20-23-11-5-7-15-27(23)32;19-13-10-11-18-16(12-13)23(20,14-6-2-1-3-7-14)15-8-4-5-9-17(15)24(18,21)22;1-2-6-12-10-14-8-4-3-7-13(14)9-11(12)5-1;;;;/h1-19,21,29,31H,20H2;1-12H;1-8H,9-10H2;4*1H/i20D2;;9D2;4*1+1D. The highest BCUT2D eigenvalue weighted by Gasteiger charge is 2.53. The first-order valence-electron chi connectivity index (χ1n) is 30.3. The Morgan fingerprint density at radius 1 is 0.507 bits per heavy atom. The van der Waals surface area contributed by atoms with E-state index in [1.54, 1.807) is 91.0 Å². The Morgan fingerprint density at radius 2 is 0.973 bits per heavy atom. The largest absolute Gasteiger partial charge is 0.313 e. The zero-order chi connectivity index (χ0) is 63.1. The summed E-state index contributed by atoms with van der Waals surface area (Å²) >= 11 is 3.38. The summed E-state index contributed by atoms with van der Waals surface area (Å²) in [6.07, 6.45) is 3.04. The number of hydrogen-bond acceptors (Lipinski definition) is 7. The molecule has 0 spiro atoms. The molecule has 9 aromatic rings. The van der Waals surface area contributed by atoms with Crippen molar-refractivity contribution in [1.82, 2.24) is 0 Å². The van der Waals surface area contributed by atoms with E-state index in [0.29, 0.717) is 59.2 Å². The molecule has 9 aromatic carbocycles. The van der Waals surface area contributed by atoms with Crippen molar-refractivity contribution in [2.45, 2.75) is 44.8 Å². The molecule has 0 saturated carbocycles. The minimum absolute atomic E-state index is 0.122. The van der Waals surface area contributed by atoms with Crippen LogP contribution in [0.2, 0.25) is 0 Å². The number of fused-ring (bicyclic) bond motifs is 8. The molecule has 2 aliphatic carbocycles. The van der Waals surface area contributed by atoms with E-state index in [2.05, 4.69) is 15.9 Å². The van der Waals surface area contributed by atoms with Gasteiger partial charge in [0, 0.05) is 71.8 Å². The minimum atomic E-state index is -3.80. The zero-order valence-corrected chi connectivity index (χ0v) is 44.9. The van der Waals surface area contributed by atoms with E-state index in [-0.39, 0.29) is 14.7 Å². The van der Waals surface area contributed by atoms with Gasteiger partial charge >= 0.3 is 0 Å². The molecule has 5 aliphatic rings. The number of hydrogen-bond donors (Lipinski definition) is 0. The number of anilines is 2. The van der Waals surface area contributed by atoms with Crippen LogP contribution in [0.1, 0.15) is 50.7 Å². The molecule has 3 aliphatic heterocycles. The maximum Gasteiger partial charge on any atom is 0.208 e. The number of halogens is 1. The summed E-state index contributed by atoms with van der Waals surface area (Å²) in [4.78, 5) is 2.34. The van der Waals surface area contributed by atoms with Crippen molar-refractivity contribution in [1.29, 1.82) is 0 Å². The zero-order valence-electron chi connectivity index (χ0n) is 51.9. The molecule has 7 nitrogen and oxygen atoms in total. The van der Waals surface area contributed by atoms with E-state index in [1.807, 2.05) is 144 Å². The van der Waals surface area contributed by atoms with Crippen LogP contribution in [0.25, 0.3) is 0 Å². The van der Waals surface area contributed by atoms with Crippen LogP contribution < -0.4 is 31.4 Å².